The van der Waals surface area contributed by atoms with Crippen molar-refractivity contribution in [3.63, 3.8) is 0 Å². The van der Waals surface area contributed by atoms with E-state index in [9.17, 15) is 9.59 Å². The van der Waals surface area contributed by atoms with Gasteiger partial charge in [0.05, 0.1) is 0 Å². The fourth-order valence-electron chi connectivity index (χ4n) is 2.70. The van der Waals surface area contributed by atoms with E-state index in [2.05, 4.69) is 23.6 Å². The third-order valence-electron chi connectivity index (χ3n) is 4.46. The minimum absolute atomic E-state index is 0.0331. The molecule has 2 aromatic rings. The standard InChI is InChI=1S/C22H24N2O2/c1-15-3-7-19(16(2)13-15)14-23-21(25)12-6-17-4-8-18(9-5-17)22(26)24-20-10-11-20/h3-9,12-13,20H,10-11,14H2,1-2H3,(H,23,25)(H,24,26)/b12-6+. The second kappa shape index (κ2) is 8.00. The first-order valence-electron chi connectivity index (χ1n) is 8.94. The van der Waals surface area contributed by atoms with Gasteiger partial charge in [-0.05, 0) is 61.6 Å². The molecule has 2 aromatic carbocycles. The highest BCUT2D eigenvalue weighted by Gasteiger charge is 2.23. The van der Waals surface area contributed by atoms with Gasteiger partial charge in [0.2, 0.25) is 5.91 Å². The van der Waals surface area contributed by atoms with Crippen LogP contribution in [0, 0.1) is 13.8 Å². The lowest BCUT2D eigenvalue weighted by atomic mass is 10.1. The van der Waals surface area contributed by atoms with Gasteiger partial charge in [-0.2, -0.15) is 0 Å². The van der Waals surface area contributed by atoms with Crippen molar-refractivity contribution >= 4 is 17.9 Å². The normalized spacial score (nSPS) is 13.6. The predicted octanol–water partition coefficient (Wildman–Crippen LogP) is 3.53. The molecule has 0 bridgehead atoms. The first-order chi connectivity index (χ1) is 12.5. The number of hydrogen-bond acceptors (Lipinski definition) is 2. The monoisotopic (exact) mass is 348 g/mol. The molecule has 2 N–H and O–H groups in total. The summed E-state index contributed by atoms with van der Waals surface area (Å²) in [5.41, 5.74) is 5.03. The maximum absolute atomic E-state index is 12.0. The van der Waals surface area contributed by atoms with E-state index in [1.54, 1.807) is 18.2 Å². The third kappa shape index (κ3) is 5.06. The number of nitrogens with one attached hydrogen (secondary N) is 2. The lowest BCUT2D eigenvalue weighted by molar-refractivity contribution is -0.116. The Labute approximate surface area is 154 Å². The first kappa shape index (κ1) is 17.9. The number of aryl methyl sites for hydroxylation is 2. The van der Waals surface area contributed by atoms with E-state index < -0.39 is 0 Å². The number of carbonyl (C=O) groups is 2. The van der Waals surface area contributed by atoms with Crippen LogP contribution in [0.5, 0.6) is 0 Å². The summed E-state index contributed by atoms with van der Waals surface area (Å²) in [5.74, 6) is -0.172. The molecule has 3 rings (SSSR count). The van der Waals surface area contributed by atoms with Crippen LogP contribution in [0.15, 0.2) is 48.5 Å². The third-order valence-corrected chi connectivity index (χ3v) is 4.46. The summed E-state index contributed by atoms with van der Waals surface area (Å²) in [6.07, 6.45) is 5.41. The molecule has 0 saturated heterocycles. The molecular formula is C22H24N2O2. The fourth-order valence-corrected chi connectivity index (χ4v) is 2.70. The van der Waals surface area contributed by atoms with Crippen molar-refractivity contribution in [2.75, 3.05) is 0 Å². The fraction of sp³-hybridized carbons (Fsp3) is 0.273. The summed E-state index contributed by atoms with van der Waals surface area (Å²) in [5, 5.41) is 5.86. The van der Waals surface area contributed by atoms with E-state index in [4.69, 9.17) is 0 Å². The predicted molar refractivity (Wildman–Crippen MR) is 104 cm³/mol. The van der Waals surface area contributed by atoms with Gasteiger partial charge < -0.3 is 10.6 Å². The van der Waals surface area contributed by atoms with Crippen LogP contribution >= 0.6 is 0 Å². The Hall–Kier alpha value is -2.88. The molecule has 26 heavy (non-hydrogen) atoms. The molecule has 0 aromatic heterocycles. The minimum atomic E-state index is -0.138. The summed E-state index contributed by atoms with van der Waals surface area (Å²) in [6.45, 7) is 4.61. The van der Waals surface area contributed by atoms with Crippen LogP contribution in [-0.2, 0) is 11.3 Å². The summed E-state index contributed by atoms with van der Waals surface area (Å²) < 4.78 is 0. The van der Waals surface area contributed by atoms with Crippen LogP contribution in [0.4, 0.5) is 0 Å². The SMILES string of the molecule is Cc1ccc(CNC(=O)/C=C/c2ccc(C(=O)NC3CC3)cc2)c(C)c1. The molecule has 0 aliphatic heterocycles. The Bertz CT molecular complexity index is 834. The molecule has 4 heteroatoms. The number of hydrogen-bond donors (Lipinski definition) is 2. The highest BCUT2D eigenvalue weighted by Crippen LogP contribution is 2.19. The zero-order valence-electron chi connectivity index (χ0n) is 15.2. The number of amides is 2. The van der Waals surface area contributed by atoms with Gasteiger partial charge in [-0.1, -0.05) is 35.9 Å². The second-order valence-electron chi connectivity index (χ2n) is 6.85. The zero-order chi connectivity index (χ0) is 18.5. The number of rotatable bonds is 6. The van der Waals surface area contributed by atoms with E-state index in [0.29, 0.717) is 18.2 Å². The number of carbonyl (C=O) groups excluding carboxylic acids is 2. The van der Waals surface area contributed by atoms with Gasteiger partial charge in [0.1, 0.15) is 0 Å². The Kier molecular flexibility index (Phi) is 5.52. The molecule has 2 amide bonds. The van der Waals surface area contributed by atoms with Gasteiger partial charge >= 0.3 is 0 Å². The smallest absolute Gasteiger partial charge is 0.251 e. The van der Waals surface area contributed by atoms with Crippen LogP contribution in [0.3, 0.4) is 0 Å². The molecule has 134 valence electrons. The molecule has 1 fully saturated rings. The average Bonchev–Trinajstić information content (AvgIpc) is 3.43. The van der Waals surface area contributed by atoms with Gasteiger partial charge in [0.25, 0.3) is 5.91 Å². The first-order valence-corrected chi connectivity index (χ1v) is 8.94. The number of benzene rings is 2. The lowest BCUT2D eigenvalue weighted by Gasteiger charge is -2.07. The summed E-state index contributed by atoms with van der Waals surface area (Å²) in [6, 6.07) is 13.8. The van der Waals surface area contributed by atoms with Crippen molar-refractivity contribution in [2.45, 2.75) is 39.3 Å². The summed E-state index contributed by atoms with van der Waals surface area (Å²) in [7, 11) is 0. The largest absolute Gasteiger partial charge is 0.349 e. The molecule has 0 spiro atoms. The molecule has 1 aliphatic carbocycles. The molecule has 0 unspecified atom stereocenters. The summed E-state index contributed by atoms with van der Waals surface area (Å²) in [4.78, 5) is 24.0. The van der Waals surface area contributed by atoms with Gasteiger partial charge in [0, 0.05) is 24.2 Å². The van der Waals surface area contributed by atoms with E-state index in [1.807, 2.05) is 31.2 Å². The second-order valence-corrected chi connectivity index (χ2v) is 6.85. The molecule has 1 aliphatic rings. The Morgan fingerprint density at radius 3 is 2.46 bits per heavy atom. The van der Waals surface area contributed by atoms with Crippen LogP contribution < -0.4 is 10.6 Å². The van der Waals surface area contributed by atoms with Crippen molar-refractivity contribution in [1.82, 2.24) is 10.6 Å². The molecular weight excluding hydrogens is 324 g/mol. The van der Waals surface area contributed by atoms with Gasteiger partial charge in [-0.25, -0.2) is 0 Å². The van der Waals surface area contributed by atoms with E-state index in [0.717, 1.165) is 24.0 Å². The van der Waals surface area contributed by atoms with Crippen molar-refractivity contribution in [3.8, 4) is 0 Å². The average molecular weight is 348 g/mol. The van der Waals surface area contributed by atoms with Crippen LogP contribution in [0.1, 0.15) is 45.5 Å². The van der Waals surface area contributed by atoms with Crippen molar-refractivity contribution in [2.24, 2.45) is 0 Å². The minimum Gasteiger partial charge on any atom is -0.349 e. The zero-order valence-corrected chi connectivity index (χ0v) is 15.2. The van der Waals surface area contributed by atoms with Crippen molar-refractivity contribution < 1.29 is 9.59 Å². The maximum atomic E-state index is 12.0. The lowest BCUT2D eigenvalue weighted by Crippen LogP contribution is -2.25. The molecule has 0 heterocycles. The highest BCUT2D eigenvalue weighted by atomic mass is 16.2. The van der Waals surface area contributed by atoms with Crippen LogP contribution in [0.2, 0.25) is 0 Å². The highest BCUT2D eigenvalue weighted by molar-refractivity contribution is 5.95. The van der Waals surface area contributed by atoms with Gasteiger partial charge in [-0.3, -0.25) is 9.59 Å². The Morgan fingerprint density at radius 2 is 1.81 bits per heavy atom. The topological polar surface area (TPSA) is 58.2 Å². The van der Waals surface area contributed by atoms with E-state index in [1.165, 1.54) is 17.2 Å². The van der Waals surface area contributed by atoms with Gasteiger partial charge in [0.15, 0.2) is 0 Å². The van der Waals surface area contributed by atoms with Crippen molar-refractivity contribution in [3.05, 3.63) is 76.4 Å². The van der Waals surface area contributed by atoms with E-state index in [-0.39, 0.29) is 11.8 Å². The Balaban J connectivity index is 1.51. The Morgan fingerprint density at radius 1 is 1.08 bits per heavy atom. The van der Waals surface area contributed by atoms with Gasteiger partial charge in [-0.15, -0.1) is 0 Å². The molecule has 4 nitrogen and oxygen atoms in total. The maximum Gasteiger partial charge on any atom is 0.251 e. The summed E-state index contributed by atoms with van der Waals surface area (Å²) >= 11 is 0. The molecule has 0 radical (unpaired) electrons. The molecule has 0 atom stereocenters. The van der Waals surface area contributed by atoms with Crippen molar-refractivity contribution in [1.29, 1.82) is 0 Å². The quantitative estimate of drug-likeness (QED) is 0.785. The molecule has 1 saturated carbocycles. The van der Waals surface area contributed by atoms with E-state index >= 15 is 0 Å². The van der Waals surface area contributed by atoms with Crippen LogP contribution in [0.25, 0.3) is 6.08 Å². The van der Waals surface area contributed by atoms with Crippen LogP contribution in [-0.4, -0.2) is 17.9 Å².